The molecule has 1 heterocycles. The zero-order valence-corrected chi connectivity index (χ0v) is 13.5. The van der Waals surface area contributed by atoms with E-state index in [0.29, 0.717) is 6.42 Å². The largest absolute Gasteiger partial charge is 0.398 e. The highest BCUT2D eigenvalue weighted by Crippen LogP contribution is 2.20. The Balaban J connectivity index is 1.73. The Labute approximate surface area is 131 Å². The van der Waals surface area contributed by atoms with E-state index in [4.69, 9.17) is 5.73 Å². The number of rotatable bonds is 5. The maximum Gasteiger partial charge on any atom is 0.224 e. The number of anilines is 2. The molecule has 0 radical (unpaired) electrons. The zero-order valence-electron chi connectivity index (χ0n) is 12.7. The van der Waals surface area contributed by atoms with E-state index < -0.39 is 0 Å². The Hall–Kier alpha value is -1.20. The molecule has 1 fully saturated rings. The molecule has 116 valence electrons. The lowest BCUT2D eigenvalue weighted by Crippen LogP contribution is -2.28. The summed E-state index contributed by atoms with van der Waals surface area (Å²) in [5, 5.41) is 2.96. The standard InChI is InChI=1S/C16H25N3OS/c1-13-14(17)5-2-6-15(13)18-16(20)7-3-8-19-9-4-11-21-12-10-19/h2,5-6H,3-4,7-12,17H2,1H3,(H,18,20). The van der Waals surface area contributed by atoms with E-state index in [1.165, 1.54) is 24.5 Å². The Kier molecular flexibility index (Phi) is 6.39. The summed E-state index contributed by atoms with van der Waals surface area (Å²) in [4.78, 5) is 14.5. The van der Waals surface area contributed by atoms with Crippen molar-refractivity contribution in [3.8, 4) is 0 Å². The second-order valence-corrected chi connectivity index (χ2v) is 6.70. The smallest absolute Gasteiger partial charge is 0.224 e. The van der Waals surface area contributed by atoms with Crippen LogP contribution in [0.2, 0.25) is 0 Å². The third-order valence-corrected chi connectivity index (χ3v) is 4.89. The van der Waals surface area contributed by atoms with E-state index in [9.17, 15) is 4.79 Å². The molecule has 0 bridgehead atoms. The third-order valence-electron chi connectivity index (χ3n) is 3.84. The molecule has 0 aliphatic carbocycles. The van der Waals surface area contributed by atoms with Gasteiger partial charge in [0, 0.05) is 30.1 Å². The van der Waals surface area contributed by atoms with Crippen molar-refractivity contribution in [1.82, 2.24) is 4.90 Å². The van der Waals surface area contributed by atoms with Gasteiger partial charge in [0.1, 0.15) is 0 Å². The minimum Gasteiger partial charge on any atom is -0.398 e. The van der Waals surface area contributed by atoms with Gasteiger partial charge in [-0.25, -0.2) is 0 Å². The summed E-state index contributed by atoms with van der Waals surface area (Å²) in [6.07, 6.45) is 2.75. The number of benzene rings is 1. The lowest BCUT2D eigenvalue weighted by molar-refractivity contribution is -0.116. The number of nitrogens with two attached hydrogens (primary N) is 1. The minimum absolute atomic E-state index is 0.0768. The number of nitrogens with one attached hydrogen (secondary N) is 1. The van der Waals surface area contributed by atoms with Crippen molar-refractivity contribution >= 4 is 29.0 Å². The lowest BCUT2D eigenvalue weighted by Gasteiger charge is -2.19. The highest BCUT2D eigenvalue weighted by Gasteiger charge is 2.10. The first kappa shape index (κ1) is 16.2. The number of hydrogen-bond acceptors (Lipinski definition) is 4. The monoisotopic (exact) mass is 307 g/mol. The first-order chi connectivity index (χ1) is 10.2. The summed E-state index contributed by atoms with van der Waals surface area (Å²) in [5.74, 6) is 2.56. The topological polar surface area (TPSA) is 58.4 Å². The zero-order chi connectivity index (χ0) is 15.1. The van der Waals surface area contributed by atoms with Crippen LogP contribution in [0, 0.1) is 6.92 Å². The van der Waals surface area contributed by atoms with Crippen LogP contribution in [0.15, 0.2) is 18.2 Å². The quantitative estimate of drug-likeness (QED) is 0.821. The molecule has 0 aromatic heterocycles. The van der Waals surface area contributed by atoms with Crippen molar-refractivity contribution in [3.05, 3.63) is 23.8 Å². The molecule has 1 aromatic carbocycles. The van der Waals surface area contributed by atoms with E-state index in [-0.39, 0.29) is 5.91 Å². The molecule has 1 aliphatic heterocycles. The summed E-state index contributed by atoms with van der Waals surface area (Å²) in [7, 11) is 0. The van der Waals surface area contributed by atoms with E-state index in [1.807, 2.05) is 36.9 Å². The maximum atomic E-state index is 12.0. The van der Waals surface area contributed by atoms with Crippen LogP contribution < -0.4 is 11.1 Å². The first-order valence-corrected chi connectivity index (χ1v) is 8.77. The lowest BCUT2D eigenvalue weighted by atomic mass is 10.1. The van der Waals surface area contributed by atoms with Gasteiger partial charge in [-0.05, 0) is 56.3 Å². The molecule has 1 aromatic rings. The Morgan fingerprint density at radius 3 is 3.10 bits per heavy atom. The Morgan fingerprint density at radius 2 is 2.24 bits per heavy atom. The van der Waals surface area contributed by atoms with Crippen LogP contribution in [0.3, 0.4) is 0 Å². The molecule has 1 saturated heterocycles. The van der Waals surface area contributed by atoms with Gasteiger partial charge in [-0.3, -0.25) is 4.79 Å². The molecule has 0 atom stereocenters. The molecule has 0 unspecified atom stereocenters. The van der Waals surface area contributed by atoms with Crippen molar-refractivity contribution in [3.63, 3.8) is 0 Å². The van der Waals surface area contributed by atoms with Crippen LogP contribution in [0.25, 0.3) is 0 Å². The maximum absolute atomic E-state index is 12.0. The van der Waals surface area contributed by atoms with Crippen molar-refractivity contribution in [2.75, 3.05) is 42.2 Å². The summed E-state index contributed by atoms with van der Waals surface area (Å²) in [6, 6.07) is 5.62. The molecule has 2 rings (SSSR count). The Bertz CT molecular complexity index is 471. The van der Waals surface area contributed by atoms with Gasteiger partial charge in [0.15, 0.2) is 0 Å². The third kappa shape index (κ3) is 5.25. The van der Waals surface area contributed by atoms with Gasteiger partial charge < -0.3 is 16.0 Å². The number of carbonyl (C=O) groups excluding carboxylic acids is 1. The summed E-state index contributed by atoms with van der Waals surface area (Å²) in [6.45, 7) is 5.27. The van der Waals surface area contributed by atoms with Gasteiger partial charge in [0.2, 0.25) is 5.91 Å². The molecule has 5 heteroatoms. The van der Waals surface area contributed by atoms with Gasteiger partial charge >= 0.3 is 0 Å². The average molecular weight is 307 g/mol. The van der Waals surface area contributed by atoms with Gasteiger partial charge in [-0.1, -0.05) is 6.07 Å². The van der Waals surface area contributed by atoms with Gasteiger partial charge in [-0.15, -0.1) is 0 Å². The summed E-state index contributed by atoms with van der Waals surface area (Å²) < 4.78 is 0. The molecule has 0 saturated carbocycles. The Morgan fingerprint density at radius 1 is 1.38 bits per heavy atom. The number of hydrogen-bond donors (Lipinski definition) is 2. The van der Waals surface area contributed by atoms with E-state index in [1.54, 1.807) is 0 Å². The second kappa shape index (κ2) is 8.29. The minimum atomic E-state index is 0.0768. The summed E-state index contributed by atoms with van der Waals surface area (Å²) in [5.41, 5.74) is 8.33. The van der Waals surface area contributed by atoms with Crippen LogP contribution in [0.5, 0.6) is 0 Å². The number of thioether (sulfide) groups is 1. The molecular weight excluding hydrogens is 282 g/mol. The van der Waals surface area contributed by atoms with Crippen LogP contribution in [-0.4, -0.2) is 41.9 Å². The van der Waals surface area contributed by atoms with Crippen LogP contribution in [-0.2, 0) is 4.79 Å². The van der Waals surface area contributed by atoms with Crippen LogP contribution >= 0.6 is 11.8 Å². The van der Waals surface area contributed by atoms with Gasteiger partial charge in [-0.2, -0.15) is 11.8 Å². The number of nitrogen functional groups attached to an aromatic ring is 1. The van der Waals surface area contributed by atoms with E-state index in [2.05, 4.69) is 10.2 Å². The van der Waals surface area contributed by atoms with Crippen molar-refractivity contribution in [2.45, 2.75) is 26.2 Å². The van der Waals surface area contributed by atoms with Crippen molar-refractivity contribution < 1.29 is 4.79 Å². The molecule has 0 spiro atoms. The second-order valence-electron chi connectivity index (χ2n) is 5.48. The van der Waals surface area contributed by atoms with Crippen molar-refractivity contribution in [1.29, 1.82) is 0 Å². The molecular formula is C16H25N3OS. The molecule has 3 N–H and O–H groups in total. The van der Waals surface area contributed by atoms with Gasteiger partial charge in [0.25, 0.3) is 0 Å². The fourth-order valence-electron chi connectivity index (χ4n) is 2.49. The highest BCUT2D eigenvalue weighted by molar-refractivity contribution is 7.99. The van der Waals surface area contributed by atoms with Crippen molar-refractivity contribution in [2.24, 2.45) is 0 Å². The summed E-state index contributed by atoms with van der Waals surface area (Å²) >= 11 is 2.03. The predicted octanol–water partition coefficient (Wildman–Crippen LogP) is 2.73. The fraction of sp³-hybridized carbons (Fsp3) is 0.562. The number of nitrogens with zero attached hydrogens (tertiary/aromatic N) is 1. The first-order valence-electron chi connectivity index (χ1n) is 7.62. The molecule has 21 heavy (non-hydrogen) atoms. The number of amides is 1. The average Bonchev–Trinajstić information content (AvgIpc) is 2.73. The molecule has 1 aliphatic rings. The predicted molar refractivity (Wildman–Crippen MR) is 91.8 cm³/mol. The van der Waals surface area contributed by atoms with Gasteiger partial charge in [0.05, 0.1) is 0 Å². The highest BCUT2D eigenvalue weighted by atomic mass is 32.2. The normalized spacial score (nSPS) is 16.4. The fourth-order valence-corrected chi connectivity index (χ4v) is 3.41. The van der Waals surface area contributed by atoms with E-state index in [0.717, 1.165) is 36.4 Å². The SMILES string of the molecule is Cc1c(N)cccc1NC(=O)CCCN1CCCSCC1. The molecule has 4 nitrogen and oxygen atoms in total. The molecule has 1 amide bonds. The van der Waals surface area contributed by atoms with E-state index >= 15 is 0 Å². The number of carbonyl (C=O) groups is 1. The van der Waals surface area contributed by atoms with Crippen LogP contribution in [0.4, 0.5) is 11.4 Å². The van der Waals surface area contributed by atoms with Crippen LogP contribution in [0.1, 0.15) is 24.8 Å².